The van der Waals surface area contributed by atoms with E-state index < -0.39 is 6.10 Å². The third-order valence-corrected chi connectivity index (χ3v) is 3.54. The van der Waals surface area contributed by atoms with Gasteiger partial charge < -0.3 is 9.74 Å². The molecule has 4 nitrogen and oxygen atoms in total. The van der Waals surface area contributed by atoms with Crippen LogP contribution < -0.4 is 0 Å². The van der Waals surface area contributed by atoms with E-state index in [0.29, 0.717) is 12.1 Å². The Bertz CT molecular complexity index is 507. The van der Waals surface area contributed by atoms with Gasteiger partial charge in [0.2, 0.25) is 6.10 Å². The third-order valence-electron chi connectivity index (χ3n) is 3.54. The van der Waals surface area contributed by atoms with E-state index in [1.807, 2.05) is 4.90 Å². The van der Waals surface area contributed by atoms with Gasteiger partial charge in [0.1, 0.15) is 5.82 Å². The number of benzene rings is 1. The van der Waals surface area contributed by atoms with Crippen molar-refractivity contribution >= 4 is 11.6 Å². The summed E-state index contributed by atoms with van der Waals surface area (Å²) in [6.45, 7) is 1.62. The van der Waals surface area contributed by atoms with Crippen LogP contribution in [0.2, 0.25) is 0 Å². The minimum atomic E-state index is -0.516. The zero-order valence-corrected chi connectivity index (χ0v) is 10.5. The molecule has 1 fully saturated rings. The van der Waals surface area contributed by atoms with E-state index in [2.05, 4.69) is 5.16 Å². The lowest BCUT2D eigenvalue weighted by Crippen LogP contribution is -2.37. The lowest BCUT2D eigenvalue weighted by atomic mass is 10.0. The number of rotatable bonds is 2. The number of halogens is 1. The zero-order valence-electron chi connectivity index (χ0n) is 10.5. The summed E-state index contributed by atoms with van der Waals surface area (Å²) in [6.07, 6.45) is 2.06. The van der Waals surface area contributed by atoms with E-state index in [4.69, 9.17) is 4.84 Å². The molecular weight excluding hydrogens is 247 g/mol. The van der Waals surface area contributed by atoms with Gasteiger partial charge >= 0.3 is 0 Å². The Labute approximate surface area is 110 Å². The highest BCUT2D eigenvalue weighted by atomic mass is 19.1. The number of likely N-dealkylation sites (tertiary alicyclic amines) is 1. The van der Waals surface area contributed by atoms with Gasteiger partial charge in [0.25, 0.3) is 5.91 Å². The van der Waals surface area contributed by atoms with Crippen LogP contribution in [-0.4, -0.2) is 35.7 Å². The van der Waals surface area contributed by atoms with E-state index >= 15 is 0 Å². The Kier molecular flexibility index (Phi) is 3.19. The summed E-state index contributed by atoms with van der Waals surface area (Å²) in [4.78, 5) is 19.2. The molecule has 2 aliphatic rings. The minimum absolute atomic E-state index is 0.0124. The normalized spacial score (nSPS) is 22.3. The molecule has 0 radical (unpaired) electrons. The maximum absolute atomic E-state index is 12.9. The summed E-state index contributed by atoms with van der Waals surface area (Å²) in [6, 6.07) is 6.07. The second-order valence-corrected chi connectivity index (χ2v) is 4.88. The molecule has 1 amide bonds. The van der Waals surface area contributed by atoms with Crippen molar-refractivity contribution in [1.82, 2.24) is 4.90 Å². The van der Waals surface area contributed by atoms with Gasteiger partial charge in [-0.05, 0) is 30.5 Å². The van der Waals surface area contributed by atoms with E-state index in [1.54, 1.807) is 12.1 Å². The molecule has 0 aromatic heterocycles. The molecule has 19 heavy (non-hydrogen) atoms. The number of hydrogen-bond donors (Lipinski definition) is 0. The SMILES string of the molecule is O=C([C@@H]1CC(c2ccc(F)cc2)=NO1)N1CCCC1. The number of hydrogen-bond acceptors (Lipinski definition) is 3. The van der Waals surface area contributed by atoms with Crippen LogP contribution in [0.5, 0.6) is 0 Å². The summed E-state index contributed by atoms with van der Waals surface area (Å²) in [7, 11) is 0. The van der Waals surface area contributed by atoms with Crippen LogP contribution in [-0.2, 0) is 9.63 Å². The van der Waals surface area contributed by atoms with E-state index in [1.165, 1.54) is 12.1 Å². The molecule has 0 N–H and O–H groups in total. The molecule has 1 atom stereocenters. The summed E-state index contributed by atoms with van der Waals surface area (Å²) >= 11 is 0. The van der Waals surface area contributed by atoms with E-state index in [0.717, 1.165) is 31.5 Å². The Morgan fingerprint density at radius 2 is 1.95 bits per heavy atom. The van der Waals surface area contributed by atoms with Crippen molar-refractivity contribution in [3.63, 3.8) is 0 Å². The summed E-state index contributed by atoms with van der Waals surface area (Å²) in [5, 5.41) is 3.96. The van der Waals surface area contributed by atoms with Gasteiger partial charge in [0, 0.05) is 19.5 Å². The summed E-state index contributed by atoms with van der Waals surface area (Å²) in [5.74, 6) is -0.272. The van der Waals surface area contributed by atoms with Gasteiger partial charge in [0.15, 0.2) is 0 Å². The van der Waals surface area contributed by atoms with Gasteiger partial charge in [-0.15, -0.1) is 0 Å². The van der Waals surface area contributed by atoms with Crippen molar-refractivity contribution in [1.29, 1.82) is 0 Å². The largest absolute Gasteiger partial charge is 0.382 e. The molecule has 1 aromatic rings. The first-order chi connectivity index (χ1) is 9.24. The average molecular weight is 262 g/mol. The molecular formula is C14H15FN2O2. The van der Waals surface area contributed by atoms with Gasteiger partial charge in [-0.1, -0.05) is 17.3 Å². The van der Waals surface area contributed by atoms with Gasteiger partial charge in [-0.3, -0.25) is 4.79 Å². The van der Waals surface area contributed by atoms with Crippen molar-refractivity contribution < 1.29 is 14.0 Å². The molecule has 0 saturated carbocycles. The first kappa shape index (κ1) is 12.1. The summed E-state index contributed by atoms with van der Waals surface area (Å²) in [5.41, 5.74) is 1.51. The van der Waals surface area contributed by atoms with Crippen LogP contribution >= 0.6 is 0 Å². The molecule has 100 valence electrons. The van der Waals surface area contributed by atoms with Crippen LogP contribution in [0, 0.1) is 5.82 Å². The topological polar surface area (TPSA) is 41.9 Å². The minimum Gasteiger partial charge on any atom is -0.382 e. The zero-order chi connectivity index (χ0) is 13.2. The van der Waals surface area contributed by atoms with Crippen LogP contribution in [0.25, 0.3) is 0 Å². The molecule has 2 heterocycles. The molecule has 0 spiro atoms. The second kappa shape index (κ2) is 4.99. The molecule has 0 bridgehead atoms. The first-order valence-electron chi connectivity index (χ1n) is 6.51. The molecule has 2 aliphatic heterocycles. The number of carbonyl (C=O) groups excluding carboxylic acids is 1. The van der Waals surface area contributed by atoms with Crippen molar-refractivity contribution in [2.45, 2.75) is 25.4 Å². The second-order valence-electron chi connectivity index (χ2n) is 4.88. The average Bonchev–Trinajstić information content (AvgIpc) is 3.10. The smallest absolute Gasteiger partial charge is 0.266 e. The lowest BCUT2D eigenvalue weighted by molar-refractivity contribution is -0.140. The Morgan fingerprint density at radius 3 is 2.63 bits per heavy atom. The fourth-order valence-corrected chi connectivity index (χ4v) is 2.46. The fraction of sp³-hybridized carbons (Fsp3) is 0.429. The number of carbonyl (C=O) groups is 1. The highest BCUT2D eigenvalue weighted by Gasteiger charge is 2.33. The highest BCUT2D eigenvalue weighted by molar-refractivity contribution is 6.04. The predicted octanol–water partition coefficient (Wildman–Crippen LogP) is 1.94. The van der Waals surface area contributed by atoms with Crippen molar-refractivity contribution in [2.75, 3.05) is 13.1 Å². The Hall–Kier alpha value is -1.91. The summed E-state index contributed by atoms with van der Waals surface area (Å²) < 4.78 is 12.9. The van der Waals surface area contributed by atoms with Crippen LogP contribution in [0.4, 0.5) is 4.39 Å². The number of nitrogens with zero attached hydrogens (tertiary/aromatic N) is 2. The van der Waals surface area contributed by atoms with Crippen molar-refractivity contribution in [2.24, 2.45) is 5.16 Å². The maximum Gasteiger partial charge on any atom is 0.266 e. The van der Waals surface area contributed by atoms with Crippen molar-refractivity contribution in [3.8, 4) is 0 Å². The molecule has 0 aliphatic carbocycles. The Morgan fingerprint density at radius 1 is 1.26 bits per heavy atom. The van der Waals surface area contributed by atoms with E-state index in [9.17, 15) is 9.18 Å². The first-order valence-corrected chi connectivity index (χ1v) is 6.51. The monoisotopic (exact) mass is 262 g/mol. The number of amides is 1. The number of oxime groups is 1. The van der Waals surface area contributed by atoms with Gasteiger partial charge in [0.05, 0.1) is 5.71 Å². The Balaban J connectivity index is 1.65. The van der Waals surface area contributed by atoms with Crippen molar-refractivity contribution in [3.05, 3.63) is 35.6 Å². The van der Waals surface area contributed by atoms with Crippen LogP contribution in [0.1, 0.15) is 24.8 Å². The van der Waals surface area contributed by atoms with Crippen LogP contribution in [0.3, 0.4) is 0 Å². The molecule has 1 saturated heterocycles. The maximum atomic E-state index is 12.9. The van der Waals surface area contributed by atoms with Crippen LogP contribution in [0.15, 0.2) is 29.4 Å². The molecule has 0 unspecified atom stereocenters. The highest BCUT2D eigenvalue weighted by Crippen LogP contribution is 2.20. The predicted molar refractivity (Wildman–Crippen MR) is 68.2 cm³/mol. The van der Waals surface area contributed by atoms with Gasteiger partial charge in [-0.2, -0.15) is 0 Å². The fourth-order valence-electron chi connectivity index (χ4n) is 2.46. The third kappa shape index (κ3) is 2.45. The lowest BCUT2D eigenvalue weighted by Gasteiger charge is -2.18. The molecule has 3 rings (SSSR count). The molecule has 5 heteroatoms. The van der Waals surface area contributed by atoms with E-state index in [-0.39, 0.29) is 11.7 Å². The molecule has 1 aromatic carbocycles. The standard InChI is InChI=1S/C14H15FN2O2/c15-11-5-3-10(4-6-11)12-9-13(19-16-12)14(18)17-7-1-2-8-17/h3-6,13H,1-2,7-9H2/t13-/m0/s1. The van der Waals surface area contributed by atoms with Gasteiger partial charge in [-0.25, -0.2) is 4.39 Å². The quantitative estimate of drug-likeness (QED) is 0.817.